The molecule has 0 saturated heterocycles. The maximum Gasteiger partial charge on any atom is 0.333 e. The molecular formula is C25H22O6. The van der Waals surface area contributed by atoms with Crippen LogP contribution in [0.4, 0.5) is 0 Å². The second-order valence-corrected chi connectivity index (χ2v) is 6.90. The van der Waals surface area contributed by atoms with E-state index in [0.29, 0.717) is 22.4 Å². The van der Waals surface area contributed by atoms with Crippen LogP contribution in [0.2, 0.25) is 0 Å². The average molecular weight is 418 g/mol. The third-order valence-electron chi connectivity index (χ3n) is 4.78. The Labute approximate surface area is 180 Å². The van der Waals surface area contributed by atoms with E-state index in [1.165, 1.54) is 7.11 Å². The molecule has 0 fully saturated rings. The molecule has 0 spiro atoms. The van der Waals surface area contributed by atoms with Crippen LogP contribution in [0.15, 0.2) is 78.9 Å². The zero-order valence-corrected chi connectivity index (χ0v) is 17.0. The van der Waals surface area contributed by atoms with E-state index in [0.717, 1.165) is 5.56 Å². The molecule has 3 aromatic rings. The molecule has 3 rings (SSSR count). The summed E-state index contributed by atoms with van der Waals surface area (Å²) < 4.78 is 10.5. The Bertz CT molecular complexity index is 1040. The van der Waals surface area contributed by atoms with Gasteiger partial charge in [-0.3, -0.25) is 9.59 Å². The number of hydrogen-bond donors (Lipinski definition) is 1. The Morgan fingerprint density at radius 2 is 1.39 bits per heavy atom. The van der Waals surface area contributed by atoms with Crippen molar-refractivity contribution in [2.45, 2.75) is 12.5 Å². The second-order valence-electron chi connectivity index (χ2n) is 6.90. The number of hydrogen-bond acceptors (Lipinski definition) is 5. The van der Waals surface area contributed by atoms with Crippen LogP contribution >= 0.6 is 0 Å². The first-order chi connectivity index (χ1) is 15.0. The summed E-state index contributed by atoms with van der Waals surface area (Å²) in [5.41, 5.74) is 2.36. The lowest BCUT2D eigenvalue weighted by Crippen LogP contribution is -2.24. The van der Waals surface area contributed by atoms with Crippen molar-refractivity contribution in [3.8, 4) is 5.75 Å². The number of Topliss-reactive ketones (excluding diaryl/α,β-unsaturated/α-hetero) is 1. The Kier molecular flexibility index (Phi) is 7.30. The highest BCUT2D eigenvalue weighted by Crippen LogP contribution is 2.16. The molecule has 6 heteroatoms. The Morgan fingerprint density at radius 3 is 1.97 bits per heavy atom. The summed E-state index contributed by atoms with van der Waals surface area (Å²) in [5.74, 6) is -0.842. The zero-order chi connectivity index (χ0) is 22.2. The summed E-state index contributed by atoms with van der Waals surface area (Å²) in [4.78, 5) is 35.8. The molecule has 0 amide bonds. The standard InChI is InChI=1S/C25H22O6/c1-30-23(25(28)29)15-17-7-9-18(10-8-17)22(26)16-31-21-13-11-20(12-14-21)24(27)19-5-3-2-4-6-19/h2-14,23H,15-16H2,1H3,(H,28,29)/t23-/m0/s1. The smallest absolute Gasteiger partial charge is 0.333 e. The largest absolute Gasteiger partial charge is 0.485 e. The quantitative estimate of drug-likeness (QED) is 0.504. The highest BCUT2D eigenvalue weighted by molar-refractivity contribution is 6.09. The lowest BCUT2D eigenvalue weighted by molar-refractivity contribution is -0.148. The van der Waals surface area contributed by atoms with Crippen molar-refractivity contribution in [1.82, 2.24) is 0 Å². The van der Waals surface area contributed by atoms with Crippen LogP contribution in [-0.4, -0.2) is 42.5 Å². The lowest BCUT2D eigenvalue weighted by Gasteiger charge is -2.11. The minimum absolute atomic E-state index is 0.0815. The number of ketones is 2. The molecular weight excluding hydrogens is 396 g/mol. The fourth-order valence-corrected chi connectivity index (χ4v) is 3.00. The highest BCUT2D eigenvalue weighted by atomic mass is 16.5. The van der Waals surface area contributed by atoms with Gasteiger partial charge in [-0.2, -0.15) is 0 Å². The van der Waals surface area contributed by atoms with Gasteiger partial charge in [-0.05, 0) is 29.8 Å². The van der Waals surface area contributed by atoms with E-state index in [1.54, 1.807) is 60.7 Å². The maximum atomic E-state index is 12.4. The van der Waals surface area contributed by atoms with E-state index in [4.69, 9.17) is 14.6 Å². The molecule has 31 heavy (non-hydrogen) atoms. The topological polar surface area (TPSA) is 89.9 Å². The van der Waals surface area contributed by atoms with Gasteiger partial charge in [-0.1, -0.05) is 54.6 Å². The van der Waals surface area contributed by atoms with Crippen LogP contribution in [-0.2, 0) is 16.0 Å². The SMILES string of the molecule is CO[C@@H](Cc1ccc(C(=O)COc2ccc(C(=O)c3ccccc3)cc2)cc1)C(=O)O. The first-order valence-electron chi connectivity index (χ1n) is 9.68. The molecule has 1 atom stereocenters. The molecule has 0 unspecified atom stereocenters. The molecule has 0 bridgehead atoms. The Hall–Kier alpha value is -3.77. The predicted molar refractivity (Wildman–Crippen MR) is 115 cm³/mol. The van der Waals surface area contributed by atoms with Gasteiger partial charge in [0.1, 0.15) is 5.75 Å². The molecule has 0 aliphatic heterocycles. The van der Waals surface area contributed by atoms with Crippen LogP contribution < -0.4 is 4.74 Å². The maximum absolute atomic E-state index is 12.4. The van der Waals surface area contributed by atoms with Crippen LogP contribution in [0.1, 0.15) is 31.8 Å². The minimum atomic E-state index is -1.03. The van der Waals surface area contributed by atoms with Gasteiger partial charge in [0, 0.05) is 30.2 Å². The van der Waals surface area contributed by atoms with Crippen LogP contribution in [0, 0.1) is 0 Å². The Morgan fingerprint density at radius 1 is 0.806 bits per heavy atom. The first-order valence-corrected chi connectivity index (χ1v) is 9.68. The monoisotopic (exact) mass is 418 g/mol. The number of carboxylic acid groups (broad SMARTS) is 1. The molecule has 6 nitrogen and oxygen atoms in total. The molecule has 0 saturated carbocycles. The van der Waals surface area contributed by atoms with Crippen molar-refractivity contribution in [3.63, 3.8) is 0 Å². The van der Waals surface area contributed by atoms with E-state index >= 15 is 0 Å². The van der Waals surface area contributed by atoms with Gasteiger partial charge in [-0.15, -0.1) is 0 Å². The minimum Gasteiger partial charge on any atom is -0.485 e. The van der Waals surface area contributed by atoms with E-state index in [1.807, 2.05) is 18.2 Å². The fourth-order valence-electron chi connectivity index (χ4n) is 3.00. The molecule has 158 valence electrons. The number of aliphatic carboxylic acids is 1. The van der Waals surface area contributed by atoms with E-state index in [-0.39, 0.29) is 24.6 Å². The number of carbonyl (C=O) groups excluding carboxylic acids is 2. The molecule has 0 radical (unpaired) electrons. The fraction of sp³-hybridized carbons (Fsp3) is 0.160. The molecule has 0 aromatic heterocycles. The van der Waals surface area contributed by atoms with Gasteiger partial charge in [0.15, 0.2) is 24.3 Å². The van der Waals surface area contributed by atoms with E-state index in [2.05, 4.69) is 0 Å². The van der Waals surface area contributed by atoms with Crippen LogP contribution in [0.5, 0.6) is 5.75 Å². The van der Waals surface area contributed by atoms with Crippen molar-refractivity contribution < 1.29 is 29.0 Å². The summed E-state index contributed by atoms with van der Waals surface area (Å²) in [6, 6.07) is 22.3. The van der Waals surface area contributed by atoms with Crippen molar-refractivity contribution in [3.05, 3.63) is 101 Å². The molecule has 1 N–H and O–H groups in total. The number of rotatable bonds is 10. The summed E-state index contributed by atoms with van der Waals surface area (Å²) in [7, 11) is 1.35. The summed E-state index contributed by atoms with van der Waals surface area (Å²) in [6.45, 7) is -0.152. The third kappa shape index (κ3) is 5.87. The number of methoxy groups -OCH3 is 1. The number of carboxylic acids is 1. The average Bonchev–Trinajstić information content (AvgIpc) is 2.81. The number of benzene rings is 3. The number of carbonyl (C=O) groups is 3. The van der Waals surface area contributed by atoms with Gasteiger partial charge in [-0.25, -0.2) is 4.79 Å². The van der Waals surface area contributed by atoms with Crippen molar-refractivity contribution in [1.29, 1.82) is 0 Å². The summed E-state index contributed by atoms with van der Waals surface area (Å²) in [6.07, 6.45) is -0.716. The van der Waals surface area contributed by atoms with E-state index in [9.17, 15) is 14.4 Å². The van der Waals surface area contributed by atoms with Gasteiger partial charge >= 0.3 is 5.97 Å². The molecule has 3 aromatic carbocycles. The summed E-state index contributed by atoms with van der Waals surface area (Å²) >= 11 is 0. The van der Waals surface area contributed by atoms with E-state index < -0.39 is 12.1 Å². The molecule has 0 heterocycles. The van der Waals surface area contributed by atoms with Gasteiger partial charge in [0.25, 0.3) is 0 Å². The van der Waals surface area contributed by atoms with Gasteiger partial charge in [0.2, 0.25) is 0 Å². The van der Waals surface area contributed by atoms with Crippen molar-refractivity contribution in [2.24, 2.45) is 0 Å². The molecule has 0 aliphatic rings. The Balaban J connectivity index is 1.55. The molecule has 0 aliphatic carbocycles. The van der Waals surface area contributed by atoms with Crippen molar-refractivity contribution >= 4 is 17.5 Å². The zero-order valence-electron chi connectivity index (χ0n) is 17.0. The van der Waals surface area contributed by atoms with Crippen LogP contribution in [0.25, 0.3) is 0 Å². The predicted octanol–water partition coefficient (Wildman–Crippen LogP) is 3.82. The third-order valence-corrected chi connectivity index (χ3v) is 4.78. The normalized spacial score (nSPS) is 11.5. The summed E-state index contributed by atoms with van der Waals surface area (Å²) in [5, 5.41) is 9.05. The second kappa shape index (κ2) is 10.3. The van der Waals surface area contributed by atoms with Crippen molar-refractivity contribution in [2.75, 3.05) is 13.7 Å². The first kappa shape index (κ1) is 21.9. The highest BCUT2D eigenvalue weighted by Gasteiger charge is 2.17. The number of ether oxygens (including phenoxy) is 2. The van der Waals surface area contributed by atoms with Gasteiger partial charge < -0.3 is 14.6 Å². The van der Waals surface area contributed by atoms with Gasteiger partial charge in [0.05, 0.1) is 0 Å². The van der Waals surface area contributed by atoms with Crippen LogP contribution in [0.3, 0.4) is 0 Å². The lowest BCUT2D eigenvalue weighted by atomic mass is 10.0.